The van der Waals surface area contributed by atoms with Gasteiger partial charge in [0, 0.05) is 43.1 Å². The second-order valence-corrected chi connectivity index (χ2v) is 8.89. The van der Waals surface area contributed by atoms with E-state index in [0.29, 0.717) is 6.54 Å². The topological polar surface area (TPSA) is 52.7 Å². The molecule has 0 saturated carbocycles. The monoisotopic (exact) mass is 403 g/mol. The quantitative estimate of drug-likeness (QED) is 0.837. The van der Waals surface area contributed by atoms with E-state index in [2.05, 4.69) is 34.5 Å². The number of benzene rings is 2. The van der Waals surface area contributed by atoms with Crippen molar-refractivity contribution in [1.82, 2.24) is 0 Å². The first-order valence-corrected chi connectivity index (χ1v) is 11.2. The van der Waals surface area contributed by atoms with Crippen LogP contribution in [-0.4, -0.2) is 31.4 Å². The summed E-state index contributed by atoms with van der Waals surface area (Å²) in [4.78, 5) is 29.7. The summed E-state index contributed by atoms with van der Waals surface area (Å²) in [5.74, 6) is -0.346. The Labute approximate surface area is 178 Å². The number of nitrogens with zero attached hydrogens (tertiary/aromatic N) is 2. The molecule has 2 aromatic rings. The molecule has 0 spiro atoms. The molecule has 5 nitrogen and oxygen atoms in total. The van der Waals surface area contributed by atoms with Gasteiger partial charge < -0.3 is 15.1 Å². The largest absolute Gasteiger partial charge is 0.372 e. The molecule has 2 amide bonds. The van der Waals surface area contributed by atoms with Crippen LogP contribution >= 0.6 is 0 Å². The van der Waals surface area contributed by atoms with E-state index in [1.54, 1.807) is 4.90 Å². The van der Waals surface area contributed by atoms with Gasteiger partial charge in [-0.05, 0) is 86.1 Å². The van der Waals surface area contributed by atoms with Crippen LogP contribution in [0.2, 0.25) is 0 Å². The van der Waals surface area contributed by atoms with Gasteiger partial charge in [0.1, 0.15) is 0 Å². The number of hydrogen-bond acceptors (Lipinski definition) is 3. The molecule has 30 heavy (non-hydrogen) atoms. The zero-order chi connectivity index (χ0) is 20.7. The molecular formula is C25H29N3O2. The average Bonchev–Trinajstić information content (AvgIpc) is 3.49. The summed E-state index contributed by atoms with van der Waals surface area (Å²) in [5.41, 5.74) is 6.80. The molecule has 5 rings (SSSR count). The fraction of sp³-hybridized carbons (Fsp3) is 0.440. The molecule has 1 N–H and O–H groups in total. The van der Waals surface area contributed by atoms with Crippen molar-refractivity contribution in [2.75, 3.05) is 34.8 Å². The third-order valence-corrected chi connectivity index (χ3v) is 6.83. The lowest BCUT2D eigenvalue weighted by atomic mass is 10.1. The van der Waals surface area contributed by atoms with E-state index in [4.69, 9.17) is 0 Å². The SMILES string of the molecule is Cc1cc(N2CCCC2)ccc1NC(=O)C1CC(=O)N(c2ccc3c(c2)CCC3)C1. The summed E-state index contributed by atoms with van der Waals surface area (Å²) in [6.07, 6.45) is 6.16. The third kappa shape index (κ3) is 3.57. The summed E-state index contributed by atoms with van der Waals surface area (Å²) < 4.78 is 0. The van der Waals surface area contributed by atoms with E-state index in [-0.39, 0.29) is 24.2 Å². The fourth-order valence-corrected chi connectivity index (χ4v) is 5.05. The molecular weight excluding hydrogens is 374 g/mol. The number of carbonyl (C=O) groups excluding carboxylic acids is 2. The van der Waals surface area contributed by atoms with Gasteiger partial charge in [-0.2, -0.15) is 0 Å². The smallest absolute Gasteiger partial charge is 0.229 e. The molecule has 2 aliphatic heterocycles. The van der Waals surface area contributed by atoms with E-state index >= 15 is 0 Å². The molecule has 0 bridgehead atoms. The predicted molar refractivity (Wildman–Crippen MR) is 120 cm³/mol. The Morgan fingerprint density at radius 2 is 1.73 bits per heavy atom. The molecule has 1 atom stereocenters. The summed E-state index contributed by atoms with van der Waals surface area (Å²) >= 11 is 0. The van der Waals surface area contributed by atoms with Crippen LogP contribution in [-0.2, 0) is 22.4 Å². The Morgan fingerprint density at radius 1 is 0.967 bits per heavy atom. The van der Waals surface area contributed by atoms with Crippen LogP contribution in [0, 0.1) is 12.8 Å². The minimum absolute atomic E-state index is 0.0363. The second kappa shape index (κ2) is 7.78. The first-order valence-electron chi connectivity index (χ1n) is 11.2. The van der Waals surface area contributed by atoms with Crippen LogP contribution in [0.15, 0.2) is 36.4 Å². The van der Waals surface area contributed by atoms with Crippen LogP contribution in [0.4, 0.5) is 17.1 Å². The van der Waals surface area contributed by atoms with Crippen molar-refractivity contribution in [2.45, 2.75) is 45.4 Å². The highest BCUT2D eigenvalue weighted by molar-refractivity contribution is 6.03. The molecule has 0 aromatic heterocycles. The van der Waals surface area contributed by atoms with Crippen LogP contribution in [0.3, 0.4) is 0 Å². The zero-order valence-corrected chi connectivity index (χ0v) is 17.6. The van der Waals surface area contributed by atoms with Crippen molar-refractivity contribution in [1.29, 1.82) is 0 Å². The van der Waals surface area contributed by atoms with E-state index in [1.165, 1.54) is 36.1 Å². The minimum atomic E-state index is -0.316. The van der Waals surface area contributed by atoms with Crippen LogP contribution in [0.1, 0.15) is 42.4 Å². The van der Waals surface area contributed by atoms with Crippen molar-refractivity contribution < 1.29 is 9.59 Å². The van der Waals surface area contributed by atoms with Crippen LogP contribution < -0.4 is 15.1 Å². The second-order valence-electron chi connectivity index (χ2n) is 8.89. The maximum Gasteiger partial charge on any atom is 0.229 e. The van der Waals surface area contributed by atoms with Gasteiger partial charge in [0.2, 0.25) is 11.8 Å². The first kappa shape index (κ1) is 19.2. The summed E-state index contributed by atoms with van der Waals surface area (Å²) in [5, 5.41) is 3.07. The minimum Gasteiger partial charge on any atom is -0.372 e. The van der Waals surface area contributed by atoms with Gasteiger partial charge in [-0.1, -0.05) is 6.07 Å². The van der Waals surface area contributed by atoms with E-state index in [9.17, 15) is 9.59 Å². The van der Waals surface area contributed by atoms with Gasteiger partial charge in [-0.3, -0.25) is 9.59 Å². The predicted octanol–water partition coefficient (Wildman–Crippen LogP) is 4.08. The van der Waals surface area contributed by atoms with Gasteiger partial charge in [0.25, 0.3) is 0 Å². The number of anilines is 3. The third-order valence-electron chi connectivity index (χ3n) is 6.83. The number of fused-ring (bicyclic) bond motifs is 1. The molecule has 5 heteroatoms. The van der Waals surface area contributed by atoms with Gasteiger partial charge >= 0.3 is 0 Å². The molecule has 2 heterocycles. The fourth-order valence-electron chi connectivity index (χ4n) is 5.05. The maximum absolute atomic E-state index is 12.9. The number of amides is 2. The summed E-state index contributed by atoms with van der Waals surface area (Å²) in [6, 6.07) is 12.5. The van der Waals surface area contributed by atoms with Crippen molar-refractivity contribution in [2.24, 2.45) is 5.92 Å². The highest BCUT2D eigenvalue weighted by Gasteiger charge is 2.35. The zero-order valence-electron chi connectivity index (χ0n) is 17.6. The summed E-state index contributed by atoms with van der Waals surface area (Å²) in [7, 11) is 0. The highest BCUT2D eigenvalue weighted by Crippen LogP contribution is 2.31. The Balaban J connectivity index is 1.26. The van der Waals surface area contributed by atoms with Gasteiger partial charge in [-0.25, -0.2) is 0 Å². The lowest BCUT2D eigenvalue weighted by Gasteiger charge is -2.20. The van der Waals surface area contributed by atoms with E-state index in [0.717, 1.165) is 42.9 Å². The van der Waals surface area contributed by atoms with Crippen molar-refractivity contribution in [3.63, 3.8) is 0 Å². The van der Waals surface area contributed by atoms with Crippen molar-refractivity contribution >= 4 is 28.9 Å². The lowest BCUT2D eigenvalue weighted by Crippen LogP contribution is -2.28. The molecule has 0 radical (unpaired) electrons. The molecule has 1 aliphatic carbocycles. The Kier molecular flexibility index (Phi) is 4.97. The van der Waals surface area contributed by atoms with Crippen molar-refractivity contribution in [3.8, 4) is 0 Å². The number of carbonyl (C=O) groups is 2. The van der Waals surface area contributed by atoms with Crippen molar-refractivity contribution in [3.05, 3.63) is 53.1 Å². The highest BCUT2D eigenvalue weighted by atomic mass is 16.2. The molecule has 2 saturated heterocycles. The number of rotatable bonds is 4. The van der Waals surface area contributed by atoms with Crippen LogP contribution in [0.25, 0.3) is 0 Å². The number of nitrogens with one attached hydrogen (secondary N) is 1. The first-order chi connectivity index (χ1) is 14.6. The van der Waals surface area contributed by atoms with Gasteiger partial charge in [0.15, 0.2) is 0 Å². The normalized spacial score (nSPS) is 20.7. The Morgan fingerprint density at radius 3 is 2.53 bits per heavy atom. The lowest BCUT2D eigenvalue weighted by molar-refractivity contribution is -0.122. The maximum atomic E-state index is 12.9. The summed E-state index contributed by atoms with van der Waals surface area (Å²) in [6.45, 7) is 4.70. The molecule has 1 unspecified atom stereocenters. The van der Waals surface area contributed by atoms with E-state index < -0.39 is 0 Å². The van der Waals surface area contributed by atoms with Crippen LogP contribution in [0.5, 0.6) is 0 Å². The number of aryl methyl sites for hydroxylation is 3. The molecule has 2 aromatic carbocycles. The number of hydrogen-bond donors (Lipinski definition) is 1. The van der Waals surface area contributed by atoms with Gasteiger partial charge in [-0.15, -0.1) is 0 Å². The standard InChI is InChI=1S/C25H29N3O2/c1-17-13-21(27-11-2-3-12-27)9-10-23(17)26-25(30)20-15-24(29)28(16-20)22-8-7-18-5-4-6-19(18)14-22/h7-10,13-14,20H,2-6,11-12,15-16H2,1H3,(H,26,30). The molecule has 2 fully saturated rings. The van der Waals surface area contributed by atoms with Gasteiger partial charge in [0.05, 0.1) is 5.92 Å². The van der Waals surface area contributed by atoms with E-state index in [1.807, 2.05) is 19.1 Å². The molecule has 3 aliphatic rings. The molecule has 156 valence electrons. The average molecular weight is 404 g/mol. The Hall–Kier alpha value is -2.82. The Bertz CT molecular complexity index is 994.